The van der Waals surface area contributed by atoms with Crippen molar-refractivity contribution in [2.24, 2.45) is 11.0 Å². The lowest BCUT2D eigenvalue weighted by molar-refractivity contribution is -0.137. The van der Waals surface area contributed by atoms with Gasteiger partial charge in [-0.05, 0) is 17.7 Å². The molecule has 1 aliphatic carbocycles. The van der Waals surface area contributed by atoms with Crippen LogP contribution in [0.25, 0.3) is 5.57 Å². The van der Waals surface area contributed by atoms with Crippen LogP contribution in [0.5, 0.6) is 0 Å². The van der Waals surface area contributed by atoms with Crippen molar-refractivity contribution in [3.05, 3.63) is 59.5 Å². The number of halogens is 3. The fourth-order valence-electron chi connectivity index (χ4n) is 2.77. The van der Waals surface area contributed by atoms with Crippen molar-refractivity contribution >= 4 is 17.8 Å². The van der Waals surface area contributed by atoms with Crippen LogP contribution in [0, 0.1) is 5.92 Å². The second kappa shape index (κ2) is 6.32. The molecule has 1 aromatic heterocycles. The Morgan fingerprint density at radius 1 is 1.23 bits per heavy atom. The predicted molar refractivity (Wildman–Crippen MR) is 89.1 cm³/mol. The molecule has 0 saturated carbocycles. The summed E-state index contributed by atoms with van der Waals surface area (Å²) in [4.78, 5) is 0. The maximum absolute atomic E-state index is 12.7. The van der Waals surface area contributed by atoms with Crippen LogP contribution < -0.4 is 10.7 Å². The number of allylic oxidation sites excluding steroid dienone is 2. The predicted octanol–water partition coefficient (Wildman–Crippen LogP) is 3.23. The summed E-state index contributed by atoms with van der Waals surface area (Å²) in [7, 11) is 0. The first-order valence-corrected chi connectivity index (χ1v) is 7.92. The van der Waals surface area contributed by atoms with Crippen LogP contribution in [0.15, 0.2) is 52.0 Å². The number of rotatable bonds is 4. The first-order valence-electron chi connectivity index (χ1n) is 7.92. The number of aromatic nitrogens is 2. The minimum absolute atomic E-state index is 0.128. The van der Waals surface area contributed by atoms with Crippen molar-refractivity contribution in [3.63, 3.8) is 0 Å². The van der Waals surface area contributed by atoms with Gasteiger partial charge in [-0.2, -0.15) is 18.3 Å². The maximum Gasteiger partial charge on any atom is 0.416 e. The molecular formula is C17H14F3N5O. The van der Waals surface area contributed by atoms with Gasteiger partial charge in [-0.15, -0.1) is 5.10 Å². The summed E-state index contributed by atoms with van der Waals surface area (Å²) in [5.74, 6) is 0.468. The van der Waals surface area contributed by atoms with E-state index in [1.807, 2.05) is 18.2 Å². The Bertz CT molecular complexity index is 900. The number of benzene rings is 1. The molecule has 2 aliphatic rings. The Kier molecular flexibility index (Phi) is 3.98. The van der Waals surface area contributed by atoms with Crippen LogP contribution in [0.3, 0.4) is 0 Å². The molecule has 1 aliphatic heterocycles. The summed E-state index contributed by atoms with van der Waals surface area (Å²) in [6.45, 7) is 0.141. The Morgan fingerprint density at radius 3 is 2.96 bits per heavy atom. The molecule has 2 N–H and O–H groups in total. The molecule has 0 bridgehead atoms. The summed E-state index contributed by atoms with van der Waals surface area (Å²) >= 11 is 0. The second-order valence-corrected chi connectivity index (χ2v) is 5.96. The molecule has 134 valence electrons. The van der Waals surface area contributed by atoms with Gasteiger partial charge < -0.3 is 15.2 Å². The highest BCUT2D eigenvalue weighted by molar-refractivity contribution is 5.78. The molecule has 9 heteroatoms. The fraction of sp³-hybridized carbons (Fsp3) is 0.235. The smallest absolute Gasteiger partial charge is 0.403 e. The Hall–Kier alpha value is -3.10. The van der Waals surface area contributed by atoms with Crippen LogP contribution in [0.4, 0.5) is 19.2 Å². The van der Waals surface area contributed by atoms with Crippen molar-refractivity contribution < 1.29 is 17.6 Å². The lowest BCUT2D eigenvalue weighted by Gasteiger charge is -2.15. The van der Waals surface area contributed by atoms with Crippen LogP contribution in [0.2, 0.25) is 0 Å². The number of anilines is 1. The van der Waals surface area contributed by atoms with E-state index in [4.69, 9.17) is 4.42 Å². The summed E-state index contributed by atoms with van der Waals surface area (Å²) in [6.07, 6.45) is 3.24. The molecule has 4 rings (SSSR count). The number of fused-ring (bicyclic) bond motifs is 1. The Balaban J connectivity index is 1.43. The zero-order valence-electron chi connectivity index (χ0n) is 13.4. The van der Waals surface area contributed by atoms with Gasteiger partial charge in [0.05, 0.1) is 11.6 Å². The van der Waals surface area contributed by atoms with E-state index in [0.29, 0.717) is 11.5 Å². The molecule has 0 spiro atoms. The Morgan fingerprint density at radius 2 is 2.12 bits per heavy atom. The molecular weight excluding hydrogens is 347 g/mol. The van der Waals surface area contributed by atoms with E-state index in [0.717, 1.165) is 17.7 Å². The van der Waals surface area contributed by atoms with E-state index in [1.165, 1.54) is 6.07 Å². The monoisotopic (exact) mass is 361 g/mol. The zero-order chi connectivity index (χ0) is 18.1. The van der Waals surface area contributed by atoms with Gasteiger partial charge >= 0.3 is 12.2 Å². The standard InChI is InChI=1S/C17H14F3N5O/c18-17(19,20)13-3-1-2-10(6-13)8-21-16-25-24-15(26-16)11-4-5-14-12(7-11)9-22-23-14/h1-7,9,12,14,23H,8H2,(H,21,25). The SMILES string of the molecule is FC(F)(F)c1cccc(CNc2nnc(C3=CC4C=NNC4C=C3)o2)c1. The molecule has 6 nitrogen and oxygen atoms in total. The quantitative estimate of drug-likeness (QED) is 0.875. The van der Waals surface area contributed by atoms with Crippen molar-refractivity contribution in [2.45, 2.75) is 18.8 Å². The highest BCUT2D eigenvalue weighted by atomic mass is 19.4. The van der Waals surface area contributed by atoms with E-state index < -0.39 is 11.7 Å². The van der Waals surface area contributed by atoms with E-state index in [2.05, 4.69) is 26.0 Å². The summed E-state index contributed by atoms with van der Waals surface area (Å²) in [6, 6.07) is 5.36. The average molecular weight is 361 g/mol. The molecule has 2 aromatic rings. The molecule has 0 fully saturated rings. The van der Waals surface area contributed by atoms with Gasteiger partial charge in [-0.25, -0.2) is 0 Å². The highest BCUT2D eigenvalue weighted by Crippen LogP contribution is 2.30. The van der Waals surface area contributed by atoms with Gasteiger partial charge in [0, 0.05) is 24.3 Å². The Labute approximate surface area is 146 Å². The number of alkyl halides is 3. The minimum Gasteiger partial charge on any atom is -0.403 e. The largest absolute Gasteiger partial charge is 0.416 e. The highest BCUT2D eigenvalue weighted by Gasteiger charge is 2.30. The number of hydrogen-bond donors (Lipinski definition) is 2. The molecule has 26 heavy (non-hydrogen) atoms. The van der Waals surface area contributed by atoms with Gasteiger partial charge in [0.1, 0.15) is 0 Å². The van der Waals surface area contributed by atoms with Crippen molar-refractivity contribution in [1.29, 1.82) is 0 Å². The molecule has 2 atom stereocenters. The van der Waals surface area contributed by atoms with E-state index >= 15 is 0 Å². The van der Waals surface area contributed by atoms with Crippen LogP contribution in [-0.4, -0.2) is 22.5 Å². The second-order valence-electron chi connectivity index (χ2n) is 5.96. The maximum atomic E-state index is 12.7. The van der Waals surface area contributed by atoms with Gasteiger partial charge in [0.2, 0.25) is 5.89 Å². The first kappa shape index (κ1) is 16.4. The van der Waals surface area contributed by atoms with Crippen molar-refractivity contribution in [2.75, 3.05) is 5.32 Å². The van der Waals surface area contributed by atoms with E-state index in [1.54, 1.807) is 12.3 Å². The van der Waals surface area contributed by atoms with E-state index in [-0.39, 0.29) is 24.5 Å². The lowest BCUT2D eigenvalue weighted by atomic mass is 9.94. The minimum atomic E-state index is -4.37. The lowest BCUT2D eigenvalue weighted by Crippen LogP contribution is -2.25. The fourth-order valence-corrected chi connectivity index (χ4v) is 2.77. The van der Waals surface area contributed by atoms with Crippen LogP contribution in [-0.2, 0) is 12.7 Å². The molecule has 2 heterocycles. The van der Waals surface area contributed by atoms with Crippen molar-refractivity contribution in [1.82, 2.24) is 15.6 Å². The summed E-state index contributed by atoms with van der Waals surface area (Å²) in [5, 5.41) is 14.7. The van der Waals surface area contributed by atoms with Crippen molar-refractivity contribution in [3.8, 4) is 0 Å². The molecule has 1 aromatic carbocycles. The van der Waals surface area contributed by atoms with Crippen LogP contribution >= 0.6 is 0 Å². The number of hydrogen-bond acceptors (Lipinski definition) is 6. The normalized spacial score (nSPS) is 21.3. The van der Waals surface area contributed by atoms with Crippen LogP contribution in [0.1, 0.15) is 17.0 Å². The van der Waals surface area contributed by atoms with Gasteiger partial charge in [-0.3, -0.25) is 0 Å². The summed E-state index contributed by atoms with van der Waals surface area (Å²) < 4.78 is 43.8. The van der Waals surface area contributed by atoms with Gasteiger partial charge in [-0.1, -0.05) is 35.5 Å². The van der Waals surface area contributed by atoms with Gasteiger partial charge in [0.25, 0.3) is 0 Å². The third kappa shape index (κ3) is 3.32. The summed E-state index contributed by atoms with van der Waals surface area (Å²) in [5.41, 5.74) is 3.52. The zero-order valence-corrected chi connectivity index (χ0v) is 13.4. The first-order chi connectivity index (χ1) is 12.5. The average Bonchev–Trinajstić information content (AvgIpc) is 3.28. The number of hydrazone groups is 1. The molecule has 0 amide bonds. The topological polar surface area (TPSA) is 75.3 Å². The molecule has 0 saturated heterocycles. The number of nitrogens with one attached hydrogen (secondary N) is 2. The molecule has 2 unspecified atom stereocenters. The number of nitrogens with zero attached hydrogens (tertiary/aromatic N) is 3. The third-order valence-electron chi connectivity index (χ3n) is 4.11. The third-order valence-corrected chi connectivity index (χ3v) is 4.11. The molecule has 0 radical (unpaired) electrons. The van der Waals surface area contributed by atoms with E-state index in [9.17, 15) is 13.2 Å². The van der Waals surface area contributed by atoms with Gasteiger partial charge in [0.15, 0.2) is 0 Å².